The van der Waals surface area contributed by atoms with Gasteiger partial charge in [-0.1, -0.05) is 0 Å². The van der Waals surface area contributed by atoms with E-state index >= 15 is 0 Å². The van der Waals surface area contributed by atoms with Crippen LogP contribution in [0.15, 0.2) is 17.4 Å². The van der Waals surface area contributed by atoms with Gasteiger partial charge >= 0.3 is 6.61 Å². The molecule has 3 N–H and O–H groups in total. The summed E-state index contributed by atoms with van der Waals surface area (Å²) in [5.41, 5.74) is 9.46. The zero-order chi connectivity index (χ0) is 13.7. The predicted octanol–water partition coefficient (Wildman–Crippen LogP) is 1.99. The lowest BCUT2D eigenvalue weighted by atomic mass is 10.2. The smallest absolute Gasteiger partial charge is 0.387 e. The van der Waals surface area contributed by atoms with Crippen molar-refractivity contribution in [2.24, 2.45) is 5.10 Å². The molecule has 0 bridgehead atoms. The molecule has 1 heterocycles. The predicted molar refractivity (Wildman–Crippen MR) is 65.8 cm³/mol. The van der Waals surface area contributed by atoms with Crippen LogP contribution < -0.4 is 15.9 Å². The zero-order valence-corrected chi connectivity index (χ0v) is 10.4. The first-order valence-corrected chi connectivity index (χ1v) is 5.40. The molecular formula is C11H16F2N4O. The van der Waals surface area contributed by atoms with Crippen molar-refractivity contribution in [1.82, 2.24) is 10.4 Å². The minimum absolute atomic E-state index is 0.0799. The van der Waals surface area contributed by atoms with Gasteiger partial charge < -0.3 is 15.9 Å². The van der Waals surface area contributed by atoms with Crippen LogP contribution in [0.25, 0.3) is 0 Å². The lowest BCUT2D eigenvalue weighted by molar-refractivity contribution is -0.0495. The Morgan fingerprint density at radius 3 is 2.72 bits per heavy atom. The number of halogens is 2. The SMILES string of the molecule is CC(=NNC(C)C)c1cnc(N)c(OC(F)F)c1. The fourth-order valence-corrected chi connectivity index (χ4v) is 1.13. The van der Waals surface area contributed by atoms with Crippen molar-refractivity contribution >= 4 is 11.5 Å². The van der Waals surface area contributed by atoms with E-state index in [0.717, 1.165) is 0 Å². The van der Waals surface area contributed by atoms with Crippen LogP contribution in [0, 0.1) is 0 Å². The maximum atomic E-state index is 12.1. The van der Waals surface area contributed by atoms with E-state index in [-0.39, 0.29) is 17.6 Å². The largest absolute Gasteiger partial charge is 0.431 e. The second kappa shape index (κ2) is 6.13. The van der Waals surface area contributed by atoms with Crippen LogP contribution >= 0.6 is 0 Å². The molecule has 0 atom stereocenters. The Balaban J connectivity index is 2.93. The van der Waals surface area contributed by atoms with Crippen LogP contribution in [-0.4, -0.2) is 23.3 Å². The van der Waals surface area contributed by atoms with Crippen molar-refractivity contribution in [3.05, 3.63) is 17.8 Å². The van der Waals surface area contributed by atoms with E-state index in [0.29, 0.717) is 11.3 Å². The highest BCUT2D eigenvalue weighted by molar-refractivity contribution is 5.98. The monoisotopic (exact) mass is 258 g/mol. The van der Waals surface area contributed by atoms with Gasteiger partial charge in [-0.25, -0.2) is 4.98 Å². The molecule has 0 aliphatic carbocycles. The number of ether oxygens (including phenoxy) is 1. The van der Waals surface area contributed by atoms with Crippen molar-refractivity contribution in [2.45, 2.75) is 33.4 Å². The minimum atomic E-state index is -2.93. The fraction of sp³-hybridized carbons (Fsp3) is 0.455. The average molecular weight is 258 g/mol. The highest BCUT2D eigenvalue weighted by atomic mass is 19.3. The molecule has 0 aromatic carbocycles. The van der Waals surface area contributed by atoms with E-state index in [2.05, 4.69) is 20.2 Å². The number of pyridine rings is 1. The van der Waals surface area contributed by atoms with Crippen LogP contribution in [0.1, 0.15) is 26.3 Å². The van der Waals surface area contributed by atoms with Gasteiger partial charge in [0.1, 0.15) is 0 Å². The van der Waals surface area contributed by atoms with E-state index in [1.165, 1.54) is 12.3 Å². The maximum Gasteiger partial charge on any atom is 0.387 e. The summed E-state index contributed by atoms with van der Waals surface area (Å²) >= 11 is 0. The van der Waals surface area contributed by atoms with Crippen molar-refractivity contribution in [3.63, 3.8) is 0 Å². The van der Waals surface area contributed by atoms with Crippen LogP contribution in [0.3, 0.4) is 0 Å². The van der Waals surface area contributed by atoms with Gasteiger partial charge in [-0.05, 0) is 26.8 Å². The summed E-state index contributed by atoms with van der Waals surface area (Å²) in [5.74, 6) is -0.231. The Morgan fingerprint density at radius 1 is 1.50 bits per heavy atom. The Labute approximate surface area is 104 Å². The number of rotatable bonds is 5. The van der Waals surface area contributed by atoms with Gasteiger partial charge in [-0.3, -0.25) is 0 Å². The molecule has 5 nitrogen and oxygen atoms in total. The van der Waals surface area contributed by atoms with Gasteiger partial charge in [0.2, 0.25) is 0 Å². The third-order valence-electron chi connectivity index (χ3n) is 2.01. The Hall–Kier alpha value is -1.92. The molecule has 0 radical (unpaired) electrons. The summed E-state index contributed by atoms with van der Waals surface area (Å²) in [7, 11) is 0. The van der Waals surface area contributed by atoms with E-state index in [1.54, 1.807) is 6.92 Å². The van der Waals surface area contributed by atoms with Gasteiger partial charge in [0.25, 0.3) is 0 Å². The number of nitrogens with one attached hydrogen (secondary N) is 1. The number of hydrazone groups is 1. The quantitative estimate of drug-likeness (QED) is 0.625. The second-order valence-corrected chi connectivity index (χ2v) is 3.97. The van der Waals surface area contributed by atoms with Crippen LogP contribution in [0.2, 0.25) is 0 Å². The van der Waals surface area contributed by atoms with Crippen molar-refractivity contribution in [3.8, 4) is 5.75 Å². The molecule has 1 aromatic rings. The first kappa shape index (κ1) is 14.1. The summed E-state index contributed by atoms with van der Waals surface area (Å²) in [6.07, 6.45) is 1.45. The summed E-state index contributed by atoms with van der Waals surface area (Å²) < 4.78 is 28.5. The number of hydrogen-bond acceptors (Lipinski definition) is 5. The third-order valence-corrected chi connectivity index (χ3v) is 2.01. The second-order valence-electron chi connectivity index (χ2n) is 3.97. The van der Waals surface area contributed by atoms with E-state index < -0.39 is 6.61 Å². The number of nitrogens with two attached hydrogens (primary N) is 1. The molecule has 0 saturated heterocycles. The topological polar surface area (TPSA) is 72.5 Å². The molecule has 0 spiro atoms. The van der Waals surface area contributed by atoms with Gasteiger partial charge in [0.15, 0.2) is 11.6 Å². The van der Waals surface area contributed by atoms with Gasteiger partial charge in [0, 0.05) is 17.8 Å². The van der Waals surface area contributed by atoms with E-state index in [4.69, 9.17) is 5.73 Å². The fourth-order valence-electron chi connectivity index (χ4n) is 1.13. The Kier molecular flexibility index (Phi) is 4.82. The summed E-state index contributed by atoms with van der Waals surface area (Å²) in [6.45, 7) is 2.66. The lowest BCUT2D eigenvalue weighted by Crippen LogP contribution is -2.18. The summed E-state index contributed by atoms with van der Waals surface area (Å²) in [6, 6.07) is 1.56. The Bertz CT molecular complexity index is 435. The molecule has 0 unspecified atom stereocenters. The number of nitrogens with zero attached hydrogens (tertiary/aromatic N) is 2. The van der Waals surface area contributed by atoms with Crippen LogP contribution in [-0.2, 0) is 0 Å². The van der Waals surface area contributed by atoms with Crippen molar-refractivity contribution in [1.29, 1.82) is 0 Å². The number of anilines is 1. The molecular weight excluding hydrogens is 242 g/mol. The number of hydrogen-bond donors (Lipinski definition) is 2. The molecule has 0 amide bonds. The lowest BCUT2D eigenvalue weighted by Gasteiger charge is -2.09. The van der Waals surface area contributed by atoms with Gasteiger partial charge in [0.05, 0.1) is 5.71 Å². The van der Waals surface area contributed by atoms with Gasteiger partial charge in [-0.2, -0.15) is 13.9 Å². The number of nitrogen functional groups attached to an aromatic ring is 1. The van der Waals surface area contributed by atoms with E-state index in [9.17, 15) is 8.78 Å². The molecule has 7 heteroatoms. The minimum Gasteiger partial charge on any atom is -0.431 e. The summed E-state index contributed by atoms with van der Waals surface area (Å²) in [5, 5.41) is 4.09. The first-order chi connectivity index (χ1) is 8.40. The van der Waals surface area contributed by atoms with Crippen LogP contribution in [0.4, 0.5) is 14.6 Å². The molecule has 1 rings (SSSR count). The van der Waals surface area contributed by atoms with E-state index in [1.807, 2.05) is 13.8 Å². The molecule has 0 fully saturated rings. The van der Waals surface area contributed by atoms with Crippen LogP contribution in [0.5, 0.6) is 5.75 Å². The first-order valence-electron chi connectivity index (χ1n) is 5.40. The highest BCUT2D eigenvalue weighted by Gasteiger charge is 2.11. The molecule has 0 aliphatic heterocycles. The molecule has 0 aliphatic rings. The van der Waals surface area contributed by atoms with Crippen molar-refractivity contribution in [2.75, 3.05) is 5.73 Å². The standard InChI is InChI=1S/C11H16F2N4O/c1-6(2)16-17-7(3)8-4-9(18-11(12)13)10(14)15-5-8/h4-6,11,16H,1-3H3,(H2,14,15). The molecule has 0 saturated carbocycles. The number of aromatic nitrogens is 1. The molecule has 18 heavy (non-hydrogen) atoms. The highest BCUT2D eigenvalue weighted by Crippen LogP contribution is 2.22. The normalized spacial score (nSPS) is 12.1. The Morgan fingerprint density at radius 2 is 2.17 bits per heavy atom. The zero-order valence-electron chi connectivity index (χ0n) is 10.4. The van der Waals surface area contributed by atoms with Gasteiger partial charge in [-0.15, -0.1) is 0 Å². The summed E-state index contributed by atoms with van der Waals surface area (Å²) in [4.78, 5) is 3.79. The number of alkyl halides is 2. The molecule has 100 valence electrons. The maximum absolute atomic E-state index is 12.1. The average Bonchev–Trinajstić information content (AvgIpc) is 2.28. The van der Waals surface area contributed by atoms with Crippen molar-refractivity contribution < 1.29 is 13.5 Å². The third kappa shape index (κ3) is 4.15. The molecule has 1 aromatic heterocycles.